The van der Waals surface area contributed by atoms with E-state index in [1.54, 1.807) is 18.2 Å². The van der Waals surface area contributed by atoms with Gasteiger partial charge in [-0.1, -0.05) is 42.5 Å². The van der Waals surface area contributed by atoms with Crippen LogP contribution < -0.4 is 5.32 Å². The second-order valence-electron chi connectivity index (χ2n) is 6.05. The summed E-state index contributed by atoms with van der Waals surface area (Å²) >= 11 is 0. The number of hydrogen-bond acceptors (Lipinski definition) is 5. The Morgan fingerprint density at radius 3 is 2.43 bits per heavy atom. The number of ether oxygens (including phenoxy) is 1. The third-order valence-electron chi connectivity index (χ3n) is 4.00. The van der Waals surface area contributed by atoms with Gasteiger partial charge in [0.05, 0.1) is 18.8 Å². The maximum atomic E-state index is 12.3. The molecule has 1 aromatic heterocycles. The maximum Gasteiger partial charge on any atom is 0.328 e. The molecule has 144 valence electrons. The first-order chi connectivity index (χ1) is 13.5. The summed E-state index contributed by atoms with van der Waals surface area (Å²) in [4.78, 5) is 23.8. The summed E-state index contributed by atoms with van der Waals surface area (Å²) < 4.78 is 10.9. The highest BCUT2D eigenvalue weighted by atomic mass is 16.5. The molecular weight excluding hydrogens is 362 g/mol. The molecule has 0 saturated carbocycles. The number of phenols is 1. The number of benzene rings is 2. The van der Waals surface area contributed by atoms with Crippen LogP contribution in [0.4, 0.5) is 0 Å². The lowest BCUT2D eigenvalue weighted by molar-refractivity contribution is -0.141. The number of para-hydroxylation sites is 1. The fourth-order valence-electron chi connectivity index (χ4n) is 2.56. The van der Waals surface area contributed by atoms with E-state index in [2.05, 4.69) is 5.32 Å². The predicted octanol–water partition coefficient (Wildman–Crippen LogP) is 3.05. The van der Waals surface area contributed by atoms with Crippen LogP contribution >= 0.6 is 0 Å². The minimum Gasteiger partial charge on any atom is -0.507 e. The molecule has 3 rings (SSSR count). The van der Waals surface area contributed by atoms with Crippen LogP contribution in [0, 0.1) is 0 Å². The number of phenolic OH excluding ortho intramolecular Hbond substituents is 1. The van der Waals surface area contributed by atoms with Gasteiger partial charge < -0.3 is 24.7 Å². The van der Waals surface area contributed by atoms with Gasteiger partial charge in [0.1, 0.15) is 11.5 Å². The molecule has 0 aliphatic carbocycles. The molecule has 7 nitrogen and oxygen atoms in total. The van der Waals surface area contributed by atoms with Crippen molar-refractivity contribution < 1.29 is 29.0 Å². The molecule has 1 amide bonds. The quantitative estimate of drug-likeness (QED) is 0.553. The van der Waals surface area contributed by atoms with Crippen LogP contribution in [0.5, 0.6) is 5.75 Å². The highest BCUT2D eigenvalue weighted by molar-refractivity contribution is 5.94. The zero-order valence-electron chi connectivity index (χ0n) is 14.9. The Labute approximate surface area is 161 Å². The van der Waals surface area contributed by atoms with Gasteiger partial charge in [0.2, 0.25) is 0 Å². The molecule has 28 heavy (non-hydrogen) atoms. The van der Waals surface area contributed by atoms with E-state index in [1.165, 1.54) is 18.2 Å². The zero-order chi connectivity index (χ0) is 19.9. The number of carboxylic acid groups (broad SMARTS) is 1. The van der Waals surface area contributed by atoms with Crippen LogP contribution in [0.25, 0.3) is 11.3 Å². The summed E-state index contributed by atoms with van der Waals surface area (Å²) in [5, 5.41) is 21.6. The standard InChI is InChI=1S/C21H19NO6/c23-17-9-5-4-8-15(17)18-10-11-19(28-18)20(24)22-16(21(25)26)13-27-12-14-6-2-1-3-7-14/h1-11,16,23H,12-13H2,(H,22,24)(H,25,26). The van der Waals surface area contributed by atoms with Crippen LogP contribution in [0.3, 0.4) is 0 Å². The van der Waals surface area contributed by atoms with Crippen molar-refractivity contribution in [2.75, 3.05) is 6.61 Å². The monoisotopic (exact) mass is 381 g/mol. The molecule has 1 unspecified atom stereocenters. The smallest absolute Gasteiger partial charge is 0.328 e. The lowest BCUT2D eigenvalue weighted by Gasteiger charge is -2.14. The molecule has 0 aliphatic rings. The van der Waals surface area contributed by atoms with Crippen molar-refractivity contribution in [1.29, 1.82) is 0 Å². The van der Waals surface area contributed by atoms with Crippen LogP contribution in [-0.2, 0) is 16.1 Å². The first-order valence-electron chi connectivity index (χ1n) is 8.58. The van der Waals surface area contributed by atoms with Crippen molar-refractivity contribution in [3.8, 4) is 17.1 Å². The lowest BCUT2D eigenvalue weighted by Crippen LogP contribution is -2.43. The normalized spacial score (nSPS) is 11.7. The van der Waals surface area contributed by atoms with Gasteiger partial charge in [-0.15, -0.1) is 0 Å². The minimum atomic E-state index is -1.23. The predicted molar refractivity (Wildman–Crippen MR) is 101 cm³/mol. The molecule has 1 heterocycles. The molecule has 0 spiro atoms. The molecule has 0 fully saturated rings. The van der Waals surface area contributed by atoms with Crippen molar-refractivity contribution in [1.82, 2.24) is 5.32 Å². The molecule has 1 atom stereocenters. The number of hydrogen-bond donors (Lipinski definition) is 3. The van der Waals surface area contributed by atoms with E-state index in [0.717, 1.165) is 5.56 Å². The first kappa shape index (κ1) is 19.2. The number of amides is 1. The Hall–Kier alpha value is -3.58. The summed E-state index contributed by atoms with van der Waals surface area (Å²) in [5.74, 6) is -1.64. The molecular formula is C21H19NO6. The second kappa shape index (κ2) is 8.88. The zero-order valence-corrected chi connectivity index (χ0v) is 14.9. The van der Waals surface area contributed by atoms with Gasteiger partial charge in [-0.05, 0) is 29.8 Å². The van der Waals surface area contributed by atoms with Crippen molar-refractivity contribution in [2.45, 2.75) is 12.6 Å². The topological polar surface area (TPSA) is 109 Å². The van der Waals surface area contributed by atoms with Gasteiger partial charge in [-0.3, -0.25) is 4.79 Å². The minimum absolute atomic E-state index is 0.0153. The highest BCUT2D eigenvalue weighted by Gasteiger charge is 2.23. The maximum absolute atomic E-state index is 12.3. The van der Waals surface area contributed by atoms with Crippen LogP contribution in [-0.4, -0.2) is 34.7 Å². The Morgan fingerprint density at radius 2 is 1.71 bits per heavy atom. The van der Waals surface area contributed by atoms with Crippen molar-refractivity contribution >= 4 is 11.9 Å². The Bertz CT molecular complexity index is 950. The number of aromatic hydroxyl groups is 1. The van der Waals surface area contributed by atoms with Crippen molar-refractivity contribution in [3.05, 3.63) is 78.1 Å². The van der Waals surface area contributed by atoms with E-state index in [4.69, 9.17) is 9.15 Å². The number of carboxylic acids is 1. The first-order valence-corrected chi connectivity index (χ1v) is 8.58. The van der Waals surface area contributed by atoms with E-state index >= 15 is 0 Å². The van der Waals surface area contributed by atoms with Gasteiger partial charge in [0, 0.05) is 0 Å². The van der Waals surface area contributed by atoms with Crippen LogP contribution in [0.15, 0.2) is 71.1 Å². The van der Waals surface area contributed by atoms with Gasteiger partial charge in [0.15, 0.2) is 11.8 Å². The lowest BCUT2D eigenvalue weighted by atomic mass is 10.1. The number of aliphatic carboxylic acids is 1. The average Bonchev–Trinajstić information content (AvgIpc) is 3.18. The number of nitrogens with one attached hydrogen (secondary N) is 1. The fourth-order valence-corrected chi connectivity index (χ4v) is 2.56. The van der Waals surface area contributed by atoms with Gasteiger partial charge in [0.25, 0.3) is 5.91 Å². The molecule has 0 bridgehead atoms. The molecule has 0 aliphatic heterocycles. The fraction of sp³-hybridized carbons (Fsp3) is 0.143. The van der Waals surface area contributed by atoms with Gasteiger partial charge in [-0.25, -0.2) is 4.79 Å². The summed E-state index contributed by atoms with van der Waals surface area (Å²) in [5.41, 5.74) is 1.33. The van der Waals surface area contributed by atoms with Crippen LogP contribution in [0.1, 0.15) is 16.1 Å². The summed E-state index contributed by atoms with van der Waals surface area (Å²) in [7, 11) is 0. The van der Waals surface area contributed by atoms with Crippen molar-refractivity contribution in [2.24, 2.45) is 0 Å². The molecule has 7 heteroatoms. The molecule has 0 saturated heterocycles. The van der Waals surface area contributed by atoms with E-state index in [1.807, 2.05) is 30.3 Å². The summed E-state index contributed by atoms with van der Waals surface area (Å²) in [6.45, 7) is 0.0433. The van der Waals surface area contributed by atoms with Gasteiger partial charge >= 0.3 is 5.97 Å². The average molecular weight is 381 g/mol. The largest absolute Gasteiger partial charge is 0.507 e. The Morgan fingerprint density at radius 1 is 1.00 bits per heavy atom. The Kier molecular flexibility index (Phi) is 6.08. The number of carbonyl (C=O) groups excluding carboxylic acids is 1. The number of carbonyl (C=O) groups is 2. The second-order valence-corrected chi connectivity index (χ2v) is 6.05. The number of furan rings is 1. The van der Waals surface area contributed by atoms with E-state index < -0.39 is 17.9 Å². The highest BCUT2D eigenvalue weighted by Crippen LogP contribution is 2.29. The van der Waals surface area contributed by atoms with E-state index in [-0.39, 0.29) is 24.7 Å². The summed E-state index contributed by atoms with van der Waals surface area (Å²) in [6.07, 6.45) is 0. The molecule has 3 aromatic rings. The third-order valence-corrected chi connectivity index (χ3v) is 4.00. The van der Waals surface area contributed by atoms with E-state index in [9.17, 15) is 19.8 Å². The molecule has 3 N–H and O–H groups in total. The Balaban J connectivity index is 1.61. The number of rotatable bonds is 8. The SMILES string of the molecule is O=C(NC(COCc1ccccc1)C(=O)O)c1ccc(-c2ccccc2O)o1. The molecule has 2 aromatic carbocycles. The van der Waals surface area contributed by atoms with E-state index in [0.29, 0.717) is 11.3 Å². The van der Waals surface area contributed by atoms with Crippen LogP contribution in [0.2, 0.25) is 0 Å². The van der Waals surface area contributed by atoms with Crippen molar-refractivity contribution in [3.63, 3.8) is 0 Å². The third kappa shape index (κ3) is 4.77. The molecule has 0 radical (unpaired) electrons. The summed E-state index contributed by atoms with van der Waals surface area (Å²) in [6, 6.07) is 17.6. The van der Waals surface area contributed by atoms with Gasteiger partial charge in [-0.2, -0.15) is 0 Å².